The molecule has 4 rings (SSSR count). The van der Waals surface area contributed by atoms with Gasteiger partial charge in [0.1, 0.15) is 11.7 Å². The van der Waals surface area contributed by atoms with Gasteiger partial charge in [0.2, 0.25) is 0 Å². The van der Waals surface area contributed by atoms with Crippen molar-refractivity contribution in [1.82, 2.24) is 25.2 Å². The number of morpholine rings is 1. The topological polar surface area (TPSA) is 97.1 Å². The number of aromatic nitrogens is 4. The van der Waals surface area contributed by atoms with Crippen LogP contribution >= 0.6 is 0 Å². The lowest BCUT2D eigenvalue weighted by Gasteiger charge is -2.33. The number of benzene rings is 1. The normalized spacial score (nSPS) is 17.4. The Bertz CT molecular complexity index is 918. The second kappa shape index (κ2) is 7.32. The predicted molar refractivity (Wildman–Crippen MR) is 97.0 cm³/mol. The molecule has 0 spiro atoms. The molecule has 1 aliphatic rings. The fourth-order valence-electron chi connectivity index (χ4n) is 3.02. The van der Waals surface area contributed by atoms with Gasteiger partial charge in [-0.3, -0.25) is 9.89 Å². The Balaban J connectivity index is 1.59. The van der Waals surface area contributed by atoms with E-state index in [-0.39, 0.29) is 11.8 Å². The maximum absolute atomic E-state index is 13.0. The molecule has 1 saturated heterocycles. The minimum atomic E-state index is -0.410. The van der Waals surface area contributed by atoms with Gasteiger partial charge in [0.15, 0.2) is 5.82 Å². The summed E-state index contributed by atoms with van der Waals surface area (Å²) in [6.07, 6.45) is 0. The molecule has 0 radical (unpaired) electrons. The highest BCUT2D eigenvalue weighted by atomic mass is 16.5. The third-order valence-corrected chi connectivity index (χ3v) is 4.59. The van der Waals surface area contributed by atoms with Gasteiger partial charge in [-0.05, 0) is 24.1 Å². The maximum atomic E-state index is 13.0. The Hall–Kier alpha value is -3.00. The number of hydrogen-bond donors (Lipinski definition) is 1. The van der Waals surface area contributed by atoms with Crippen molar-refractivity contribution in [1.29, 1.82) is 0 Å². The quantitative estimate of drug-likeness (QED) is 0.761. The first-order valence-corrected chi connectivity index (χ1v) is 8.96. The van der Waals surface area contributed by atoms with E-state index in [1.165, 1.54) is 0 Å². The fraction of sp³-hybridized carbons (Fsp3) is 0.368. The van der Waals surface area contributed by atoms with Crippen LogP contribution in [0.3, 0.4) is 0 Å². The van der Waals surface area contributed by atoms with Crippen LogP contribution in [0.2, 0.25) is 0 Å². The Morgan fingerprint density at radius 1 is 1.30 bits per heavy atom. The summed E-state index contributed by atoms with van der Waals surface area (Å²) in [5, 5.41) is 11.2. The van der Waals surface area contributed by atoms with Gasteiger partial charge in [-0.15, -0.1) is 0 Å². The molecular weight excluding hydrogens is 346 g/mol. The molecule has 1 N–H and O–H groups in total. The van der Waals surface area contributed by atoms with Gasteiger partial charge in [-0.1, -0.05) is 37.2 Å². The number of amides is 1. The number of carbonyl (C=O) groups excluding carboxylic acids is 1. The molecule has 1 atom stereocenters. The van der Waals surface area contributed by atoms with E-state index in [0.29, 0.717) is 37.2 Å². The van der Waals surface area contributed by atoms with Gasteiger partial charge < -0.3 is 14.2 Å². The lowest BCUT2D eigenvalue weighted by molar-refractivity contribution is -0.00607. The Morgan fingerprint density at radius 3 is 2.85 bits per heavy atom. The Labute approximate surface area is 156 Å². The second-order valence-corrected chi connectivity index (χ2v) is 6.78. The summed E-state index contributed by atoms with van der Waals surface area (Å²) in [5.41, 5.74) is 2.14. The molecule has 1 fully saturated rings. The zero-order valence-corrected chi connectivity index (χ0v) is 15.3. The monoisotopic (exact) mass is 367 g/mol. The Morgan fingerprint density at radius 2 is 2.11 bits per heavy atom. The van der Waals surface area contributed by atoms with Crippen molar-refractivity contribution < 1.29 is 14.1 Å². The molecule has 27 heavy (non-hydrogen) atoms. The van der Waals surface area contributed by atoms with Crippen molar-refractivity contribution in [2.75, 3.05) is 19.8 Å². The van der Waals surface area contributed by atoms with Crippen molar-refractivity contribution in [2.45, 2.75) is 25.8 Å². The van der Waals surface area contributed by atoms with Crippen molar-refractivity contribution in [2.24, 2.45) is 0 Å². The maximum Gasteiger partial charge on any atom is 0.275 e. The van der Waals surface area contributed by atoms with E-state index >= 15 is 0 Å². The summed E-state index contributed by atoms with van der Waals surface area (Å²) in [5.74, 6) is 0.953. The SMILES string of the molecule is CC(C)c1cc(C(=O)N2CCOCC2c2noc(-c3ccccc3)n2)n[nH]1. The van der Waals surface area contributed by atoms with E-state index in [1.54, 1.807) is 11.0 Å². The van der Waals surface area contributed by atoms with Gasteiger partial charge in [0.05, 0.1) is 13.2 Å². The highest BCUT2D eigenvalue weighted by Gasteiger charge is 2.34. The number of nitrogens with zero attached hydrogens (tertiary/aromatic N) is 4. The lowest BCUT2D eigenvalue weighted by Crippen LogP contribution is -2.44. The molecule has 1 unspecified atom stereocenters. The van der Waals surface area contributed by atoms with Crippen molar-refractivity contribution in [3.8, 4) is 11.5 Å². The zero-order chi connectivity index (χ0) is 18.8. The minimum absolute atomic E-state index is 0.169. The average Bonchev–Trinajstić information content (AvgIpc) is 3.38. The van der Waals surface area contributed by atoms with Gasteiger partial charge in [-0.2, -0.15) is 10.1 Å². The number of aromatic amines is 1. The first kappa shape index (κ1) is 17.4. The van der Waals surface area contributed by atoms with E-state index in [0.717, 1.165) is 11.3 Å². The summed E-state index contributed by atoms with van der Waals surface area (Å²) in [7, 11) is 0. The molecule has 1 amide bonds. The Kier molecular flexibility index (Phi) is 4.72. The lowest BCUT2D eigenvalue weighted by atomic mass is 10.1. The van der Waals surface area contributed by atoms with E-state index in [9.17, 15) is 4.79 Å². The number of rotatable bonds is 4. The minimum Gasteiger partial charge on any atom is -0.377 e. The third-order valence-electron chi connectivity index (χ3n) is 4.59. The highest BCUT2D eigenvalue weighted by molar-refractivity contribution is 5.92. The molecule has 2 aromatic heterocycles. The first-order valence-electron chi connectivity index (χ1n) is 8.96. The second-order valence-electron chi connectivity index (χ2n) is 6.78. The summed E-state index contributed by atoms with van der Waals surface area (Å²) < 4.78 is 11.0. The van der Waals surface area contributed by atoms with Crippen LogP contribution in [0, 0.1) is 0 Å². The van der Waals surface area contributed by atoms with Crippen LogP contribution in [0.25, 0.3) is 11.5 Å². The van der Waals surface area contributed by atoms with Crippen molar-refractivity contribution >= 4 is 5.91 Å². The largest absolute Gasteiger partial charge is 0.377 e. The number of nitrogens with one attached hydrogen (secondary N) is 1. The molecule has 140 valence electrons. The molecule has 3 aromatic rings. The van der Waals surface area contributed by atoms with Crippen LogP contribution in [-0.2, 0) is 4.74 Å². The summed E-state index contributed by atoms with van der Waals surface area (Å²) in [6.45, 7) is 5.32. The van der Waals surface area contributed by atoms with E-state index in [2.05, 4.69) is 20.3 Å². The summed E-state index contributed by atoms with van der Waals surface area (Å²) >= 11 is 0. The van der Waals surface area contributed by atoms with Crippen LogP contribution < -0.4 is 0 Å². The molecule has 0 aliphatic carbocycles. The number of carbonyl (C=O) groups is 1. The van der Waals surface area contributed by atoms with Gasteiger partial charge in [-0.25, -0.2) is 0 Å². The van der Waals surface area contributed by atoms with E-state index < -0.39 is 6.04 Å². The molecule has 1 aromatic carbocycles. The van der Waals surface area contributed by atoms with Crippen LogP contribution in [-0.4, -0.2) is 50.9 Å². The predicted octanol–water partition coefficient (Wildman–Crippen LogP) is 2.80. The van der Waals surface area contributed by atoms with E-state index in [4.69, 9.17) is 9.26 Å². The van der Waals surface area contributed by atoms with Crippen molar-refractivity contribution in [3.05, 3.63) is 53.6 Å². The summed E-state index contributed by atoms with van der Waals surface area (Å²) in [4.78, 5) is 19.2. The molecule has 0 saturated carbocycles. The van der Waals surface area contributed by atoms with Crippen LogP contribution in [0.1, 0.15) is 47.8 Å². The zero-order valence-electron chi connectivity index (χ0n) is 15.3. The van der Waals surface area contributed by atoms with Gasteiger partial charge >= 0.3 is 0 Å². The molecule has 0 bridgehead atoms. The molecule has 3 heterocycles. The van der Waals surface area contributed by atoms with Gasteiger partial charge in [0, 0.05) is 17.8 Å². The number of ether oxygens (including phenoxy) is 1. The van der Waals surface area contributed by atoms with E-state index in [1.807, 2.05) is 44.2 Å². The smallest absolute Gasteiger partial charge is 0.275 e. The fourth-order valence-corrected chi connectivity index (χ4v) is 3.02. The number of H-pyrrole nitrogens is 1. The third kappa shape index (κ3) is 3.48. The average molecular weight is 367 g/mol. The summed E-state index contributed by atoms with van der Waals surface area (Å²) in [6, 6.07) is 10.9. The van der Waals surface area contributed by atoms with Crippen LogP contribution in [0.4, 0.5) is 0 Å². The highest BCUT2D eigenvalue weighted by Crippen LogP contribution is 2.26. The van der Waals surface area contributed by atoms with Crippen molar-refractivity contribution in [3.63, 3.8) is 0 Å². The molecule has 1 aliphatic heterocycles. The molecular formula is C19H21N5O3. The van der Waals surface area contributed by atoms with Gasteiger partial charge in [0.25, 0.3) is 11.8 Å². The van der Waals surface area contributed by atoms with Crippen LogP contribution in [0.5, 0.6) is 0 Å². The first-order chi connectivity index (χ1) is 13.1. The van der Waals surface area contributed by atoms with Crippen LogP contribution in [0.15, 0.2) is 40.9 Å². The molecule has 8 nitrogen and oxygen atoms in total. The number of hydrogen-bond acceptors (Lipinski definition) is 6. The standard InChI is InChI=1S/C19H21N5O3/c1-12(2)14-10-15(22-21-14)19(25)24-8-9-26-11-16(24)17-20-18(27-23-17)13-6-4-3-5-7-13/h3-7,10,12,16H,8-9,11H2,1-2H3,(H,21,22). The molecule has 8 heteroatoms.